The highest BCUT2D eigenvalue weighted by molar-refractivity contribution is 5.84. The summed E-state index contributed by atoms with van der Waals surface area (Å²) in [5, 5.41) is 14.5. The van der Waals surface area contributed by atoms with Gasteiger partial charge in [-0.2, -0.15) is 0 Å². The Labute approximate surface area is 95.9 Å². The summed E-state index contributed by atoms with van der Waals surface area (Å²) in [5.41, 5.74) is 0.825. The third-order valence-electron chi connectivity index (χ3n) is 2.77. The molecule has 5 heteroatoms. The third-order valence-corrected chi connectivity index (χ3v) is 2.77. The van der Waals surface area contributed by atoms with Crippen LogP contribution in [0.3, 0.4) is 0 Å². The van der Waals surface area contributed by atoms with E-state index in [4.69, 9.17) is 9.94 Å². The molecule has 0 saturated heterocycles. The van der Waals surface area contributed by atoms with E-state index >= 15 is 0 Å². The highest BCUT2D eigenvalue weighted by Crippen LogP contribution is 2.20. The summed E-state index contributed by atoms with van der Waals surface area (Å²) >= 11 is 0. The summed E-state index contributed by atoms with van der Waals surface area (Å²) in [7, 11) is 0. The van der Waals surface area contributed by atoms with Crippen LogP contribution in [0.15, 0.2) is 5.16 Å². The molecule has 0 spiro atoms. The van der Waals surface area contributed by atoms with Crippen LogP contribution in [0.2, 0.25) is 0 Å². The second-order valence-electron chi connectivity index (χ2n) is 4.04. The van der Waals surface area contributed by atoms with Crippen molar-refractivity contribution in [2.45, 2.75) is 51.7 Å². The van der Waals surface area contributed by atoms with Crippen molar-refractivity contribution in [1.82, 2.24) is 5.32 Å². The number of nitrogens with zero attached hydrogens (tertiary/aromatic N) is 1. The molecule has 1 unspecified atom stereocenters. The number of hydrogen-bond donors (Lipinski definition) is 2. The lowest BCUT2D eigenvalue weighted by molar-refractivity contribution is -0.135. The van der Waals surface area contributed by atoms with E-state index in [0.29, 0.717) is 6.54 Å². The fraction of sp³-hybridized carbons (Fsp3) is 0.818. The molecule has 1 aliphatic carbocycles. The van der Waals surface area contributed by atoms with E-state index < -0.39 is 6.10 Å². The van der Waals surface area contributed by atoms with Crippen molar-refractivity contribution >= 4 is 11.6 Å². The van der Waals surface area contributed by atoms with Crippen molar-refractivity contribution in [3.63, 3.8) is 0 Å². The Balaban J connectivity index is 2.30. The first-order chi connectivity index (χ1) is 7.67. The van der Waals surface area contributed by atoms with Gasteiger partial charge in [-0.1, -0.05) is 5.16 Å². The van der Waals surface area contributed by atoms with Crippen molar-refractivity contribution < 1.29 is 14.7 Å². The molecular weight excluding hydrogens is 208 g/mol. The molecular formula is C11H20N2O3. The summed E-state index contributed by atoms with van der Waals surface area (Å²) < 4.78 is 5.65. The standard InChI is InChI=1S/C11H20N2O3/c1-3-12-11(14)8(2)16-10-6-4-9(13-15)5-7-10/h8,10,15H,3-7H2,1-2H3,(H,12,14). The van der Waals surface area contributed by atoms with E-state index in [1.807, 2.05) is 6.92 Å². The number of carbonyl (C=O) groups excluding carboxylic acids is 1. The number of rotatable bonds is 4. The molecule has 0 aromatic heterocycles. The predicted molar refractivity (Wildman–Crippen MR) is 60.7 cm³/mol. The van der Waals surface area contributed by atoms with E-state index in [1.165, 1.54) is 0 Å². The lowest BCUT2D eigenvalue weighted by Crippen LogP contribution is -2.37. The van der Waals surface area contributed by atoms with Gasteiger partial charge in [0.1, 0.15) is 6.10 Å². The van der Waals surface area contributed by atoms with E-state index in [9.17, 15) is 4.79 Å². The largest absolute Gasteiger partial charge is 0.411 e. The summed E-state index contributed by atoms with van der Waals surface area (Å²) in [6, 6.07) is 0. The molecule has 1 saturated carbocycles. The van der Waals surface area contributed by atoms with Crippen molar-refractivity contribution in [2.24, 2.45) is 5.16 Å². The van der Waals surface area contributed by atoms with Gasteiger partial charge >= 0.3 is 0 Å². The van der Waals surface area contributed by atoms with Crippen LogP contribution in [-0.4, -0.2) is 35.6 Å². The highest BCUT2D eigenvalue weighted by atomic mass is 16.5. The predicted octanol–water partition coefficient (Wildman–Crippen LogP) is 1.30. The van der Waals surface area contributed by atoms with Gasteiger partial charge in [0, 0.05) is 6.54 Å². The molecule has 0 bridgehead atoms. The fourth-order valence-electron chi connectivity index (χ4n) is 1.83. The van der Waals surface area contributed by atoms with Crippen LogP contribution in [-0.2, 0) is 9.53 Å². The van der Waals surface area contributed by atoms with Gasteiger partial charge in [-0.15, -0.1) is 0 Å². The van der Waals surface area contributed by atoms with Gasteiger partial charge in [0.05, 0.1) is 11.8 Å². The molecule has 16 heavy (non-hydrogen) atoms. The number of oxime groups is 1. The number of nitrogens with one attached hydrogen (secondary N) is 1. The second-order valence-corrected chi connectivity index (χ2v) is 4.04. The van der Waals surface area contributed by atoms with Gasteiger partial charge in [0.15, 0.2) is 0 Å². The van der Waals surface area contributed by atoms with Gasteiger partial charge in [-0.05, 0) is 39.5 Å². The molecule has 92 valence electrons. The van der Waals surface area contributed by atoms with Gasteiger partial charge in [-0.3, -0.25) is 4.79 Å². The van der Waals surface area contributed by atoms with Crippen LogP contribution >= 0.6 is 0 Å². The topological polar surface area (TPSA) is 70.9 Å². The monoisotopic (exact) mass is 228 g/mol. The zero-order valence-electron chi connectivity index (χ0n) is 9.90. The van der Waals surface area contributed by atoms with Crippen LogP contribution in [0.1, 0.15) is 39.5 Å². The number of ether oxygens (including phenoxy) is 1. The molecule has 1 rings (SSSR count). The molecule has 0 radical (unpaired) electrons. The van der Waals surface area contributed by atoms with E-state index in [2.05, 4.69) is 10.5 Å². The molecule has 1 fully saturated rings. The van der Waals surface area contributed by atoms with Crippen LogP contribution in [0.4, 0.5) is 0 Å². The van der Waals surface area contributed by atoms with Crippen LogP contribution < -0.4 is 5.32 Å². The Kier molecular flexibility index (Phi) is 5.25. The first-order valence-corrected chi connectivity index (χ1v) is 5.80. The summed E-state index contributed by atoms with van der Waals surface area (Å²) in [4.78, 5) is 11.4. The third kappa shape index (κ3) is 3.81. The van der Waals surface area contributed by atoms with E-state index in [1.54, 1.807) is 6.92 Å². The first-order valence-electron chi connectivity index (χ1n) is 5.80. The molecule has 0 aliphatic heterocycles. The maximum Gasteiger partial charge on any atom is 0.248 e. The lowest BCUT2D eigenvalue weighted by atomic mass is 9.96. The first kappa shape index (κ1) is 13.0. The van der Waals surface area contributed by atoms with Crippen LogP contribution in [0.5, 0.6) is 0 Å². The summed E-state index contributed by atoms with van der Waals surface area (Å²) in [6.45, 7) is 4.27. The number of carbonyl (C=O) groups is 1. The second kappa shape index (κ2) is 6.48. The number of likely N-dealkylation sites (N-methyl/N-ethyl adjacent to an activating group) is 1. The Morgan fingerprint density at radius 1 is 1.62 bits per heavy atom. The molecule has 1 aliphatic rings. The Hall–Kier alpha value is -1.10. The summed E-state index contributed by atoms with van der Waals surface area (Å²) in [5.74, 6) is -0.0656. The number of hydrogen-bond acceptors (Lipinski definition) is 4. The molecule has 1 atom stereocenters. The minimum atomic E-state index is -0.405. The average molecular weight is 228 g/mol. The maximum atomic E-state index is 11.4. The van der Waals surface area contributed by atoms with Gasteiger partial charge in [0.2, 0.25) is 5.91 Å². The van der Waals surface area contributed by atoms with Crippen LogP contribution in [0.25, 0.3) is 0 Å². The molecule has 0 aromatic rings. The minimum absolute atomic E-state index is 0.0656. The Morgan fingerprint density at radius 3 is 2.75 bits per heavy atom. The molecule has 1 amide bonds. The number of amides is 1. The van der Waals surface area contributed by atoms with Gasteiger partial charge in [0.25, 0.3) is 0 Å². The minimum Gasteiger partial charge on any atom is -0.411 e. The zero-order chi connectivity index (χ0) is 12.0. The highest BCUT2D eigenvalue weighted by Gasteiger charge is 2.23. The van der Waals surface area contributed by atoms with Crippen molar-refractivity contribution in [3.05, 3.63) is 0 Å². The van der Waals surface area contributed by atoms with Crippen molar-refractivity contribution in [2.75, 3.05) is 6.54 Å². The Bertz CT molecular complexity index is 256. The molecule has 5 nitrogen and oxygen atoms in total. The van der Waals surface area contributed by atoms with Gasteiger partial charge < -0.3 is 15.3 Å². The normalized spacial score (nSPS) is 22.6. The summed E-state index contributed by atoms with van der Waals surface area (Å²) in [6.07, 6.45) is 2.85. The fourth-order valence-corrected chi connectivity index (χ4v) is 1.83. The van der Waals surface area contributed by atoms with E-state index in [-0.39, 0.29) is 12.0 Å². The van der Waals surface area contributed by atoms with Crippen molar-refractivity contribution in [3.8, 4) is 0 Å². The average Bonchev–Trinajstić information content (AvgIpc) is 2.30. The lowest BCUT2D eigenvalue weighted by Gasteiger charge is -2.25. The maximum absolute atomic E-state index is 11.4. The molecule has 0 heterocycles. The SMILES string of the molecule is CCNC(=O)C(C)OC1CCC(=NO)CC1. The zero-order valence-corrected chi connectivity index (χ0v) is 9.90. The quantitative estimate of drug-likeness (QED) is 0.563. The van der Waals surface area contributed by atoms with Gasteiger partial charge in [-0.25, -0.2) is 0 Å². The van der Waals surface area contributed by atoms with E-state index in [0.717, 1.165) is 31.4 Å². The molecule has 0 aromatic carbocycles. The van der Waals surface area contributed by atoms with Crippen molar-refractivity contribution in [1.29, 1.82) is 0 Å². The molecule has 2 N–H and O–H groups in total. The van der Waals surface area contributed by atoms with Crippen LogP contribution in [0, 0.1) is 0 Å². The Morgan fingerprint density at radius 2 is 2.25 bits per heavy atom. The smallest absolute Gasteiger partial charge is 0.248 e.